The fourth-order valence-corrected chi connectivity index (χ4v) is 10.2. The van der Waals surface area contributed by atoms with E-state index in [4.69, 9.17) is 5.73 Å². The summed E-state index contributed by atoms with van der Waals surface area (Å²) in [6, 6.07) is 12.5. The normalized spacial score (nSPS) is 22.5. The highest BCUT2D eigenvalue weighted by molar-refractivity contribution is 14.1. The van der Waals surface area contributed by atoms with Crippen LogP contribution in [0.1, 0.15) is 67.7 Å². The molecule has 8 rings (SSSR count). The summed E-state index contributed by atoms with van der Waals surface area (Å²) in [5.74, 6) is -0.919. The molecule has 0 spiro atoms. The molecule has 4 aliphatic rings. The predicted molar refractivity (Wildman–Crippen MR) is 209 cm³/mol. The van der Waals surface area contributed by atoms with Gasteiger partial charge in [0.05, 0.1) is 28.7 Å². The fraction of sp³-hybridized carbons (Fsp3) is 0.538. The van der Waals surface area contributed by atoms with Crippen LogP contribution in [0.15, 0.2) is 47.4 Å². The molecule has 4 saturated heterocycles. The number of carbonyl (C=O) groups excluding carboxylic acids is 2. The highest BCUT2D eigenvalue weighted by Crippen LogP contribution is 2.36. The number of H-pyrrole nitrogens is 1. The van der Waals surface area contributed by atoms with Gasteiger partial charge in [0.15, 0.2) is 0 Å². The molecule has 282 valence electrons. The van der Waals surface area contributed by atoms with E-state index in [2.05, 4.69) is 49.4 Å². The number of aromatic amines is 1. The van der Waals surface area contributed by atoms with Gasteiger partial charge in [-0.05, 0) is 68.8 Å². The minimum Gasteiger partial charge on any atom is -0.398 e. The third kappa shape index (κ3) is 6.95. The number of nitrogens with zero attached hydrogens (tertiary/aromatic N) is 6. The van der Waals surface area contributed by atoms with E-state index in [1.807, 2.05) is 35.2 Å². The fourth-order valence-electron chi connectivity index (χ4n) is 9.56. The third-order valence-corrected chi connectivity index (χ3v) is 13.3. The number of pyridine rings is 1. The topological polar surface area (TPSA) is 124 Å². The Bertz CT molecular complexity index is 2070. The average molecular weight is 841 g/mol. The molecule has 3 N–H and O–H groups in total. The van der Waals surface area contributed by atoms with E-state index in [9.17, 15) is 23.2 Å². The molecule has 3 atom stereocenters. The number of hydrogen-bond acceptors (Lipinski definition) is 7. The number of halogens is 3. The number of nitrogens with two attached hydrogens (primary N) is 1. The molecule has 4 aromatic rings. The quantitative estimate of drug-likeness (QED) is 0.136. The van der Waals surface area contributed by atoms with Gasteiger partial charge in [-0.1, -0.05) is 46.9 Å². The van der Waals surface area contributed by atoms with Crippen molar-refractivity contribution < 1.29 is 18.4 Å². The smallest absolute Gasteiger partial charge is 0.326 e. The summed E-state index contributed by atoms with van der Waals surface area (Å²) in [6.45, 7) is 4.31. The SMILES string of the molecule is CN1CC2CC1CN2C1CCN(C(=O)[C@H](CC(=O)N2CCC(n3c(=O)[nH]c4c5ccccc5ncc43)CC2)Cc2cc(CI)c(N)c(C(F)F)c2)CC1. The van der Waals surface area contributed by atoms with Gasteiger partial charge in [-0.3, -0.25) is 24.0 Å². The Labute approximate surface area is 321 Å². The van der Waals surface area contributed by atoms with Gasteiger partial charge >= 0.3 is 5.69 Å². The van der Waals surface area contributed by atoms with Crippen molar-refractivity contribution >= 4 is 62.0 Å². The zero-order valence-electron chi connectivity index (χ0n) is 30.0. The summed E-state index contributed by atoms with van der Waals surface area (Å²) in [6.07, 6.45) is 3.32. The van der Waals surface area contributed by atoms with Crippen molar-refractivity contribution in [3.05, 3.63) is 69.8 Å². The number of nitrogen functional groups attached to an aromatic ring is 1. The van der Waals surface area contributed by atoms with Crippen molar-refractivity contribution in [1.82, 2.24) is 34.1 Å². The van der Waals surface area contributed by atoms with Crippen LogP contribution < -0.4 is 11.4 Å². The van der Waals surface area contributed by atoms with Crippen LogP contribution in [-0.2, 0) is 20.4 Å². The lowest BCUT2D eigenvalue weighted by atomic mass is 9.90. The van der Waals surface area contributed by atoms with Crippen LogP contribution in [0.5, 0.6) is 0 Å². The summed E-state index contributed by atoms with van der Waals surface area (Å²) in [7, 11) is 2.20. The van der Waals surface area contributed by atoms with Crippen molar-refractivity contribution in [2.45, 2.75) is 80.0 Å². The Morgan fingerprint density at radius 1 is 0.981 bits per heavy atom. The van der Waals surface area contributed by atoms with Crippen LogP contribution >= 0.6 is 22.6 Å². The van der Waals surface area contributed by atoms with Gasteiger partial charge in [0.1, 0.15) is 0 Å². The molecule has 11 nitrogen and oxygen atoms in total. The lowest BCUT2D eigenvalue weighted by Gasteiger charge is -2.42. The molecule has 2 unspecified atom stereocenters. The number of hydrogen-bond donors (Lipinski definition) is 2. The molecule has 2 amide bonds. The van der Waals surface area contributed by atoms with Crippen LogP contribution in [-0.4, -0.2) is 110 Å². The van der Waals surface area contributed by atoms with Crippen LogP contribution in [0, 0.1) is 5.92 Å². The highest BCUT2D eigenvalue weighted by Gasteiger charge is 2.45. The number of aromatic nitrogens is 3. The van der Waals surface area contributed by atoms with Crippen LogP contribution in [0.25, 0.3) is 21.9 Å². The zero-order chi connectivity index (χ0) is 37.0. The number of imidazole rings is 1. The molecule has 14 heteroatoms. The predicted octanol–water partition coefficient (Wildman–Crippen LogP) is 5.12. The number of alkyl halides is 3. The van der Waals surface area contributed by atoms with Gasteiger partial charge in [0.2, 0.25) is 11.8 Å². The van der Waals surface area contributed by atoms with Crippen molar-refractivity contribution in [3.63, 3.8) is 0 Å². The Morgan fingerprint density at radius 2 is 1.70 bits per heavy atom. The summed E-state index contributed by atoms with van der Waals surface area (Å²) in [5.41, 5.74) is 9.28. The van der Waals surface area contributed by atoms with E-state index in [0.29, 0.717) is 72.7 Å². The van der Waals surface area contributed by atoms with E-state index >= 15 is 0 Å². The second kappa shape index (κ2) is 14.9. The maximum atomic E-state index is 14.3. The number of likely N-dealkylation sites (tertiary alicyclic amines) is 4. The highest BCUT2D eigenvalue weighted by atomic mass is 127. The molecule has 2 bridgehead atoms. The summed E-state index contributed by atoms with van der Waals surface area (Å²) < 4.78 is 30.4. The number of carbonyl (C=O) groups is 2. The van der Waals surface area contributed by atoms with Gasteiger partial charge in [0.25, 0.3) is 6.43 Å². The van der Waals surface area contributed by atoms with Crippen LogP contribution in [0.4, 0.5) is 14.5 Å². The molecular formula is C39H47F2IN8O3. The van der Waals surface area contributed by atoms with Gasteiger partial charge in [-0.15, -0.1) is 0 Å². The lowest BCUT2D eigenvalue weighted by Crippen LogP contribution is -2.54. The molecule has 0 aliphatic carbocycles. The van der Waals surface area contributed by atoms with E-state index < -0.39 is 12.3 Å². The van der Waals surface area contributed by atoms with Gasteiger partial charge < -0.3 is 25.4 Å². The number of piperidine rings is 2. The Hall–Kier alpha value is -3.63. The summed E-state index contributed by atoms with van der Waals surface area (Å²) >= 11 is 2.11. The number of anilines is 1. The maximum Gasteiger partial charge on any atom is 0.326 e. The monoisotopic (exact) mass is 840 g/mol. The number of para-hydroxylation sites is 1. The number of amides is 2. The first-order valence-electron chi connectivity index (χ1n) is 18.8. The number of piperazine rings is 1. The zero-order valence-corrected chi connectivity index (χ0v) is 32.2. The van der Waals surface area contributed by atoms with Crippen molar-refractivity contribution in [3.8, 4) is 0 Å². The second-order valence-corrected chi connectivity index (χ2v) is 16.2. The molecule has 4 fully saturated rings. The first-order chi connectivity index (χ1) is 25.6. The molecule has 2 aromatic heterocycles. The first kappa shape index (κ1) is 36.4. The minimum atomic E-state index is -2.74. The van der Waals surface area contributed by atoms with Crippen LogP contribution in [0.3, 0.4) is 0 Å². The summed E-state index contributed by atoms with van der Waals surface area (Å²) in [4.78, 5) is 57.9. The number of fused-ring (bicyclic) bond motifs is 5. The van der Waals surface area contributed by atoms with E-state index in [1.165, 1.54) is 12.5 Å². The molecular weight excluding hydrogens is 793 g/mol. The number of nitrogens with one attached hydrogen (secondary N) is 1. The van der Waals surface area contributed by atoms with Crippen molar-refractivity contribution in [2.24, 2.45) is 5.92 Å². The molecule has 0 radical (unpaired) electrons. The van der Waals surface area contributed by atoms with E-state index in [-0.39, 0.29) is 47.6 Å². The largest absolute Gasteiger partial charge is 0.398 e. The Morgan fingerprint density at radius 3 is 2.38 bits per heavy atom. The van der Waals surface area contributed by atoms with Crippen LogP contribution in [0.2, 0.25) is 0 Å². The standard InChI is InChI=1S/C39H47F2IN8O3/c1-46-21-29-18-28(46)22-49(29)26-6-12-48(13-7-26)38(52)24(14-23-15-25(19-42)35(43)31(16-23)37(40)41)17-34(51)47-10-8-27(9-11-47)50-33-20-44-32-5-3-2-4-30(32)36(33)45-39(50)53/h2-5,15-16,20,24,26-29,37H,6-14,17-19,21-22,43H2,1H3,(H,45,53)/t24-,28?,29?/m0/s1. The van der Waals surface area contributed by atoms with Crippen molar-refractivity contribution in [2.75, 3.05) is 52.0 Å². The molecule has 0 saturated carbocycles. The first-order valence-corrected chi connectivity index (χ1v) is 20.4. The molecule has 2 aromatic carbocycles. The Kier molecular flexibility index (Phi) is 10.2. The molecule has 6 heterocycles. The van der Waals surface area contributed by atoms with E-state index in [1.54, 1.807) is 15.7 Å². The number of likely N-dealkylation sites (N-methyl/N-ethyl adjacent to an activating group) is 1. The van der Waals surface area contributed by atoms with Crippen molar-refractivity contribution in [1.29, 1.82) is 0 Å². The van der Waals surface area contributed by atoms with Gasteiger partial charge in [0, 0.05) is 90.9 Å². The van der Waals surface area contributed by atoms with Gasteiger partial charge in [-0.25, -0.2) is 13.6 Å². The number of rotatable bonds is 9. The minimum absolute atomic E-state index is 0.0114. The number of benzene rings is 2. The second-order valence-electron chi connectivity index (χ2n) is 15.5. The van der Waals surface area contributed by atoms with E-state index in [0.717, 1.165) is 47.9 Å². The average Bonchev–Trinajstić information content (AvgIpc) is 3.86. The Balaban J connectivity index is 0.973. The third-order valence-electron chi connectivity index (χ3n) is 12.4. The lowest BCUT2D eigenvalue weighted by molar-refractivity contribution is -0.143. The summed E-state index contributed by atoms with van der Waals surface area (Å²) in [5, 5.41) is 0.886. The van der Waals surface area contributed by atoms with Gasteiger partial charge in [-0.2, -0.15) is 0 Å². The molecule has 53 heavy (non-hydrogen) atoms. The molecule has 4 aliphatic heterocycles. The maximum absolute atomic E-state index is 14.3.